The summed E-state index contributed by atoms with van der Waals surface area (Å²) in [6.45, 7) is 2.23. The Morgan fingerprint density at radius 3 is 2.68 bits per heavy atom. The van der Waals surface area contributed by atoms with Crippen molar-refractivity contribution < 1.29 is 22.7 Å². The monoisotopic (exact) mass is 475 g/mol. The van der Waals surface area contributed by atoms with E-state index < -0.39 is 18.8 Å². The third-order valence-corrected chi connectivity index (χ3v) is 5.34. The summed E-state index contributed by atoms with van der Waals surface area (Å²) in [4.78, 5) is 27.7. The number of amides is 2. The normalized spacial score (nSPS) is 14.8. The molecule has 1 unspecified atom stereocenters. The highest BCUT2D eigenvalue weighted by Crippen LogP contribution is 2.43. The Morgan fingerprint density at radius 2 is 2.03 bits per heavy atom. The van der Waals surface area contributed by atoms with E-state index >= 15 is 0 Å². The largest absolute Gasteiger partial charge is 0.491 e. The summed E-state index contributed by atoms with van der Waals surface area (Å²) >= 11 is 0. The number of benzene rings is 1. The maximum Gasteiger partial charge on any atom is 0.405 e. The van der Waals surface area contributed by atoms with Crippen LogP contribution in [0, 0.1) is 10.8 Å². The average molecular weight is 475 g/mol. The predicted molar refractivity (Wildman–Crippen MR) is 121 cm³/mol. The number of fused-ring (bicyclic) bond motifs is 1. The molecular weight excluding hydrogens is 451 g/mol. The van der Waals surface area contributed by atoms with Crippen molar-refractivity contribution in [3.63, 3.8) is 0 Å². The highest BCUT2D eigenvalue weighted by molar-refractivity contribution is 5.90. The summed E-state index contributed by atoms with van der Waals surface area (Å²) in [5.41, 5.74) is 3.00. The molecule has 2 amide bonds. The number of nitrogens with zero attached hydrogens (tertiary/aromatic N) is 3. The lowest BCUT2D eigenvalue weighted by Gasteiger charge is -2.15. The van der Waals surface area contributed by atoms with E-state index in [1.807, 2.05) is 30.4 Å². The van der Waals surface area contributed by atoms with Gasteiger partial charge in [0.1, 0.15) is 24.0 Å². The highest BCUT2D eigenvalue weighted by Gasteiger charge is 2.33. The molecule has 8 nitrogen and oxygen atoms in total. The third-order valence-electron chi connectivity index (χ3n) is 5.34. The van der Waals surface area contributed by atoms with Crippen LogP contribution in [0.5, 0.6) is 5.75 Å². The minimum absolute atomic E-state index is 0.165. The number of carbonyl (C=O) groups is 1. The molecule has 1 saturated carbocycles. The fourth-order valence-corrected chi connectivity index (χ4v) is 3.74. The molecular formula is C23H24F3N5O3. The van der Waals surface area contributed by atoms with Crippen LogP contribution in [0.1, 0.15) is 38.3 Å². The van der Waals surface area contributed by atoms with Gasteiger partial charge in [-0.1, -0.05) is 5.18 Å². The molecule has 11 heteroatoms. The van der Waals surface area contributed by atoms with Crippen LogP contribution in [0.3, 0.4) is 0 Å². The number of nitrogens with one attached hydrogen (secondary N) is 2. The van der Waals surface area contributed by atoms with Crippen LogP contribution in [0.25, 0.3) is 16.9 Å². The summed E-state index contributed by atoms with van der Waals surface area (Å²) < 4.78 is 44.8. The van der Waals surface area contributed by atoms with Crippen LogP contribution in [0.4, 0.5) is 23.7 Å². The van der Waals surface area contributed by atoms with Crippen LogP contribution < -0.4 is 15.4 Å². The van der Waals surface area contributed by atoms with E-state index in [1.165, 1.54) is 6.07 Å². The Hall–Kier alpha value is -3.63. The number of imidazole rings is 1. The van der Waals surface area contributed by atoms with Crippen LogP contribution in [-0.4, -0.2) is 34.2 Å². The molecule has 180 valence electrons. The number of hydrogen-bond donors (Lipinski definition) is 2. The Bertz CT molecular complexity index is 1200. The molecule has 2 heterocycles. The second-order valence-corrected chi connectivity index (χ2v) is 8.55. The minimum atomic E-state index is -4.52. The summed E-state index contributed by atoms with van der Waals surface area (Å²) in [6, 6.07) is 7.20. The molecule has 0 radical (unpaired) electrons. The molecule has 1 atom stereocenters. The second-order valence-electron chi connectivity index (χ2n) is 8.55. The van der Waals surface area contributed by atoms with E-state index in [0.29, 0.717) is 22.7 Å². The number of nitroso groups, excluding NO2 is 1. The first-order chi connectivity index (χ1) is 16.1. The van der Waals surface area contributed by atoms with Crippen LogP contribution in [0.15, 0.2) is 47.9 Å². The lowest BCUT2D eigenvalue weighted by atomic mass is 10.0. The first-order valence-electron chi connectivity index (χ1n) is 10.9. The SMILES string of the molecule is CC(C)Oc1cc(NC(=O)NCC(F)(F)F)cc(-c2cnc3cc(C(N=O)C4CC4)ccn23)c1. The molecule has 1 aliphatic carbocycles. The van der Waals surface area contributed by atoms with Crippen molar-refractivity contribution in [2.24, 2.45) is 11.1 Å². The number of rotatable bonds is 8. The van der Waals surface area contributed by atoms with E-state index in [9.17, 15) is 22.9 Å². The zero-order chi connectivity index (χ0) is 24.5. The van der Waals surface area contributed by atoms with Crippen LogP contribution in [0.2, 0.25) is 0 Å². The maximum atomic E-state index is 12.4. The lowest BCUT2D eigenvalue weighted by molar-refractivity contribution is -0.122. The molecule has 0 saturated heterocycles. The Balaban J connectivity index is 1.65. The molecule has 0 spiro atoms. The molecule has 0 aliphatic heterocycles. The Labute approximate surface area is 193 Å². The number of carbonyl (C=O) groups excluding carboxylic acids is 1. The second kappa shape index (κ2) is 9.32. The van der Waals surface area contributed by atoms with Gasteiger partial charge in [0.25, 0.3) is 0 Å². The summed E-state index contributed by atoms with van der Waals surface area (Å²) in [6.07, 6.45) is 0.723. The topological polar surface area (TPSA) is 97.1 Å². The van der Waals surface area contributed by atoms with Crippen molar-refractivity contribution in [1.82, 2.24) is 14.7 Å². The highest BCUT2D eigenvalue weighted by atomic mass is 19.4. The fraction of sp³-hybridized carbons (Fsp3) is 0.391. The Kier molecular flexibility index (Phi) is 6.45. The smallest absolute Gasteiger partial charge is 0.405 e. The van der Waals surface area contributed by atoms with E-state index in [2.05, 4.69) is 15.5 Å². The minimum Gasteiger partial charge on any atom is -0.491 e. The van der Waals surface area contributed by atoms with Crippen molar-refractivity contribution in [3.05, 3.63) is 53.2 Å². The van der Waals surface area contributed by atoms with Gasteiger partial charge < -0.3 is 15.4 Å². The maximum absolute atomic E-state index is 12.4. The number of urea groups is 1. The van der Waals surface area contributed by atoms with E-state index in [4.69, 9.17) is 4.74 Å². The van der Waals surface area contributed by atoms with Crippen molar-refractivity contribution >= 4 is 17.4 Å². The molecule has 1 fully saturated rings. The van der Waals surface area contributed by atoms with Gasteiger partial charge in [0, 0.05) is 23.5 Å². The van der Waals surface area contributed by atoms with Crippen LogP contribution >= 0.6 is 0 Å². The van der Waals surface area contributed by atoms with E-state index in [1.54, 1.807) is 29.8 Å². The fourth-order valence-electron chi connectivity index (χ4n) is 3.74. The quantitative estimate of drug-likeness (QED) is 0.409. The van der Waals surface area contributed by atoms with Gasteiger partial charge in [-0.2, -0.15) is 18.1 Å². The van der Waals surface area contributed by atoms with Crippen molar-refractivity contribution in [1.29, 1.82) is 0 Å². The standard InChI is InChI=1S/C23H24F3N5O3/c1-13(2)34-18-8-16(7-17(10-18)29-22(32)28-12-23(24,25)26)19-11-27-20-9-15(5-6-31(19)20)21(30-33)14-3-4-14/h5-11,13-14,21H,3-4,12H2,1-2H3,(H2,28,29,32). The number of alkyl halides is 3. The molecule has 3 aromatic rings. The summed E-state index contributed by atoms with van der Waals surface area (Å²) in [5.74, 6) is 0.709. The van der Waals surface area contributed by atoms with Crippen LogP contribution in [-0.2, 0) is 0 Å². The third kappa shape index (κ3) is 5.64. The number of aromatic nitrogens is 2. The van der Waals surface area contributed by atoms with Gasteiger partial charge in [0.15, 0.2) is 0 Å². The van der Waals surface area contributed by atoms with E-state index in [-0.39, 0.29) is 23.8 Å². The van der Waals surface area contributed by atoms with Gasteiger partial charge in [0.2, 0.25) is 0 Å². The van der Waals surface area contributed by atoms with Crippen molar-refractivity contribution in [2.75, 3.05) is 11.9 Å². The zero-order valence-electron chi connectivity index (χ0n) is 18.6. The molecule has 2 aromatic heterocycles. The van der Waals surface area contributed by atoms with Gasteiger partial charge >= 0.3 is 12.2 Å². The number of halogens is 3. The number of pyridine rings is 1. The van der Waals surface area contributed by atoms with Gasteiger partial charge in [-0.3, -0.25) is 4.40 Å². The predicted octanol–water partition coefficient (Wildman–Crippen LogP) is 5.69. The molecule has 34 heavy (non-hydrogen) atoms. The number of anilines is 1. The van der Waals surface area contributed by atoms with Gasteiger partial charge in [-0.15, -0.1) is 0 Å². The molecule has 1 aromatic carbocycles. The average Bonchev–Trinajstić information content (AvgIpc) is 3.49. The summed E-state index contributed by atoms with van der Waals surface area (Å²) in [7, 11) is 0. The van der Waals surface area contributed by atoms with Crippen molar-refractivity contribution in [3.8, 4) is 17.0 Å². The first kappa shape index (κ1) is 23.5. The number of ether oxygens (including phenoxy) is 1. The van der Waals surface area contributed by atoms with Gasteiger partial charge in [-0.05, 0) is 62.4 Å². The Morgan fingerprint density at radius 1 is 1.26 bits per heavy atom. The van der Waals surface area contributed by atoms with E-state index in [0.717, 1.165) is 18.4 Å². The molecule has 1 aliphatic rings. The number of hydrogen-bond acceptors (Lipinski definition) is 5. The zero-order valence-corrected chi connectivity index (χ0v) is 18.6. The van der Waals surface area contributed by atoms with Gasteiger partial charge in [0.05, 0.1) is 18.0 Å². The molecule has 4 rings (SSSR count). The first-order valence-corrected chi connectivity index (χ1v) is 10.9. The lowest BCUT2D eigenvalue weighted by Crippen LogP contribution is -2.36. The molecule has 0 bridgehead atoms. The van der Waals surface area contributed by atoms with Crippen molar-refractivity contribution in [2.45, 2.75) is 45.0 Å². The summed E-state index contributed by atoms with van der Waals surface area (Å²) in [5, 5.41) is 7.49. The molecule has 2 N–H and O–H groups in total. The van der Waals surface area contributed by atoms with Gasteiger partial charge in [-0.25, -0.2) is 9.78 Å².